The topological polar surface area (TPSA) is 84.2 Å². The van der Waals surface area contributed by atoms with Crippen LogP contribution in [0.15, 0.2) is 0 Å². The first-order valence-corrected chi connectivity index (χ1v) is 7.30. The molecule has 0 aromatic carbocycles. The van der Waals surface area contributed by atoms with E-state index in [2.05, 4.69) is 17.6 Å². The quantitative estimate of drug-likeness (QED) is 0.522. The molecule has 1 atom stereocenters. The third kappa shape index (κ3) is 9.47. The van der Waals surface area contributed by atoms with Crippen molar-refractivity contribution in [1.82, 2.24) is 10.6 Å². The van der Waals surface area contributed by atoms with Gasteiger partial charge in [-0.3, -0.25) is 9.59 Å². The summed E-state index contributed by atoms with van der Waals surface area (Å²) in [6.45, 7) is 6.97. The number of nitrogens with two attached hydrogens (primary N) is 1. The Labute approximate surface area is 116 Å². The Hall–Kier alpha value is -1.10. The molecule has 0 heterocycles. The largest absolute Gasteiger partial charge is 0.356 e. The van der Waals surface area contributed by atoms with Gasteiger partial charge in [-0.05, 0) is 12.8 Å². The number of unbranched alkanes of at least 4 members (excludes halogenated alkanes) is 2. The van der Waals surface area contributed by atoms with Crippen LogP contribution in [0.5, 0.6) is 0 Å². The summed E-state index contributed by atoms with van der Waals surface area (Å²) in [6, 6.07) is -0.406. The second-order valence-electron chi connectivity index (χ2n) is 5.19. The second-order valence-corrected chi connectivity index (χ2v) is 5.19. The van der Waals surface area contributed by atoms with Gasteiger partial charge in [-0.25, -0.2) is 0 Å². The average Bonchev–Trinajstić information content (AvgIpc) is 2.37. The highest BCUT2D eigenvalue weighted by atomic mass is 16.2. The predicted octanol–water partition coefficient (Wildman–Crippen LogP) is 1.17. The molecule has 0 aliphatic carbocycles. The van der Waals surface area contributed by atoms with E-state index in [0.717, 1.165) is 32.1 Å². The lowest BCUT2D eigenvalue weighted by Gasteiger charge is -2.12. The SMILES string of the molecule is CCCCCC(N)C(=O)NCCCNC(=O)C(C)C. The fourth-order valence-electron chi connectivity index (χ4n) is 1.59. The first-order valence-electron chi connectivity index (χ1n) is 7.30. The van der Waals surface area contributed by atoms with E-state index in [9.17, 15) is 9.59 Å². The summed E-state index contributed by atoms with van der Waals surface area (Å²) < 4.78 is 0. The third-order valence-electron chi connectivity index (χ3n) is 2.93. The Balaban J connectivity index is 3.55. The molecule has 0 radical (unpaired) electrons. The Kier molecular flexibility index (Phi) is 10.2. The fraction of sp³-hybridized carbons (Fsp3) is 0.857. The van der Waals surface area contributed by atoms with Crippen LogP contribution in [-0.2, 0) is 9.59 Å². The smallest absolute Gasteiger partial charge is 0.236 e. The lowest BCUT2D eigenvalue weighted by atomic mass is 10.1. The van der Waals surface area contributed by atoms with Gasteiger partial charge in [-0.1, -0.05) is 40.0 Å². The van der Waals surface area contributed by atoms with Gasteiger partial charge in [0.05, 0.1) is 6.04 Å². The molecule has 0 spiro atoms. The zero-order valence-electron chi connectivity index (χ0n) is 12.5. The van der Waals surface area contributed by atoms with Crippen molar-refractivity contribution in [2.45, 2.75) is 58.9 Å². The molecular formula is C14H29N3O2. The van der Waals surface area contributed by atoms with Crippen LogP contribution >= 0.6 is 0 Å². The van der Waals surface area contributed by atoms with E-state index in [0.29, 0.717) is 13.1 Å². The lowest BCUT2D eigenvalue weighted by molar-refractivity contribution is -0.124. The standard InChI is InChI=1S/C14H29N3O2/c1-4-5-6-8-12(15)14(19)17-10-7-9-16-13(18)11(2)3/h11-12H,4-10,15H2,1-3H3,(H,16,18)(H,17,19). The van der Waals surface area contributed by atoms with E-state index in [1.165, 1.54) is 0 Å². The van der Waals surface area contributed by atoms with Crippen LogP contribution in [0.2, 0.25) is 0 Å². The van der Waals surface area contributed by atoms with Crippen molar-refractivity contribution in [2.24, 2.45) is 11.7 Å². The molecule has 2 amide bonds. The molecule has 0 aliphatic rings. The molecule has 0 aromatic heterocycles. The Morgan fingerprint density at radius 1 is 1.00 bits per heavy atom. The number of rotatable bonds is 10. The van der Waals surface area contributed by atoms with Crippen molar-refractivity contribution in [2.75, 3.05) is 13.1 Å². The van der Waals surface area contributed by atoms with Crippen LogP contribution < -0.4 is 16.4 Å². The van der Waals surface area contributed by atoms with Crippen LogP contribution in [0.4, 0.5) is 0 Å². The zero-order valence-corrected chi connectivity index (χ0v) is 12.5. The number of nitrogens with one attached hydrogen (secondary N) is 2. The van der Waals surface area contributed by atoms with Crippen LogP contribution in [0, 0.1) is 5.92 Å². The summed E-state index contributed by atoms with van der Waals surface area (Å²) in [5.74, 6) is -0.0459. The van der Waals surface area contributed by atoms with Crippen molar-refractivity contribution in [1.29, 1.82) is 0 Å². The van der Waals surface area contributed by atoms with Gasteiger partial charge in [0.2, 0.25) is 11.8 Å². The third-order valence-corrected chi connectivity index (χ3v) is 2.93. The highest BCUT2D eigenvalue weighted by Gasteiger charge is 2.11. The van der Waals surface area contributed by atoms with Gasteiger partial charge in [-0.15, -0.1) is 0 Å². The van der Waals surface area contributed by atoms with Crippen LogP contribution in [0.1, 0.15) is 52.9 Å². The number of carbonyl (C=O) groups is 2. The van der Waals surface area contributed by atoms with Gasteiger partial charge in [0.25, 0.3) is 0 Å². The van der Waals surface area contributed by atoms with Crippen LogP contribution in [-0.4, -0.2) is 30.9 Å². The number of hydrogen-bond donors (Lipinski definition) is 3. The minimum absolute atomic E-state index is 0.00146. The van der Waals surface area contributed by atoms with Gasteiger partial charge >= 0.3 is 0 Å². The fourth-order valence-corrected chi connectivity index (χ4v) is 1.59. The molecule has 0 aromatic rings. The van der Waals surface area contributed by atoms with Gasteiger partial charge < -0.3 is 16.4 Å². The second kappa shape index (κ2) is 10.8. The molecule has 5 heteroatoms. The highest BCUT2D eigenvalue weighted by Crippen LogP contribution is 2.01. The van der Waals surface area contributed by atoms with E-state index in [1.807, 2.05) is 13.8 Å². The average molecular weight is 271 g/mol. The van der Waals surface area contributed by atoms with Crippen molar-refractivity contribution >= 4 is 11.8 Å². The van der Waals surface area contributed by atoms with Gasteiger partial charge in [0.15, 0.2) is 0 Å². The number of hydrogen-bond acceptors (Lipinski definition) is 3. The molecule has 0 saturated carbocycles. The van der Waals surface area contributed by atoms with Crippen LogP contribution in [0.25, 0.3) is 0 Å². The predicted molar refractivity (Wildman–Crippen MR) is 77.6 cm³/mol. The van der Waals surface area contributed by atoms with E-state index in [-0.39, 0.29) is 17.7 Å². The van der Waals surface area contributed by atoms with Crippen molar-refractivity contribution in [3.05, 3.63) is 0 Å². The minimum Gasteiger partial charge on any atom is -0.356 e. The maximum absolute atomic E-state index is 11.6. The molecule has 0 aliphatic heterocycles. The Morgan fingerprint density at radius 2 is 1.58 bits per heavy atom. The molecule has 0 saturated heterocycles. The summed E-state index contributed by atoms with van der Waals surface area (Å²) >= 11 is 0. The van der Waals surface area contributed by atoms with Gasteiger partial charge in [-0.2, -0.15) is 0 Å². The first kappa shape index (κ1) is 17.9. The molecule has 0 fully saturated rings. The van der Waals surface area contributed by atoms with E-state index in [1.54, 1.807) is 0 Å². The number of amides is 2. The lowest BCUT2D eigenvalue weighted by Crippen LogP contribution is -2.41. The normalized spacial score (nSPS) is 12.3. The van der Waals surface area contributed by atoms with Crippen molar-refractivity contribution in [3.8, 4) is 0 Å². The zero-order chi connectivity index (χ0) is 14.7. The summed E-state index contributed by atoms with van der Waals surface area (Å²) in [5.41, 5.74) is 5.78. The van der Waals surface area contributed by atoms with E-state index < -0.39 is 6.04 Å². The molecule has 1 unspecified atom stereocenters. The van der Waals surface area contributed by atoms with E-state index in [4.69, 9.17) is 5.73 Å². The van der Waals surface area contributed by atoms with Crippen molar-refractivity contribution < 1.29 is 9.59 Å². The maximum atomic E-state index is 11.6. The van der Waals surface area contributed by atoms with Crippen molar-refractivity contribution in [3.63, 3.8) is 0 Å². The van der Waals surface area contributed by atoms with E-state index >= 15 is 0 Å². The summed E-state index contributed by atoms with van der Waals surface area (Å²) in [5, 5.41) is 5.60. The molecule has 5 nitrogen and oxygen atoms in total. The monoisotopic (exact) mass is 271 g/mol. The molecule has 19 heavy (non-hydrogen) atoms. The summed E-state index contributed by atoms with van der Waals surface area (Å²) in [6.07, 6.45) is 4.71. The highest BCUT2D eigenvalue weighted by molar-refractivity contribution is 5.81. The molecule has 0 rings (SSSR count). The summed E-state index contributed by atoms with van der Waals surface area (Å²) in [7, 11) is 0. The molecule has 0 bridgehead atoms. The molecule has 4 N–H and O–H groups in total. The first-order chi connectivity index (χ1) is 8.99. The maximum Gasteiger partial charge on any atom is 0.236 e. The Morgan fingerprint density at radius 3 is 2.11 bits per heavy atom. The molecular weight excluding hydrogens is 242 g/mol. The van der Waals surface area contributed by atoms with Gasteiger partial charge in [0, 0.05) is 19.0 Å². The Bertz CT molecular complexity index is 267. The number of carbonyl (C=O) groups excluding carboxylic acids is 2. The minimum atomic E-state index is -0.406. The van der Waals surface area contributed by atoms with Crippen LogP contribution in [0.3, 0.4) is 0 Å². The summed E-state index contributed by atoms with van der Waals surface area (Å²) in [4.78, 5) is 22.9. The van der Waals surface area contributed by atoms with Gasteiger partial charge in [0.1, 0.15) is 0 Å². The molecule has 112 valence electrons.